The Balaban J connectivity index is 1.32. The van der Waals surface area contributed by atoms with Crippen LogP contribution in [0, 0.1) is 5.82 Å². The molecule has 2 aromatic heterocycles. The summed E-state index contributed by atoms with van der Waals surface area (Å²) in [6.07, 6.45) is 0. The second kappa shape index (κ2) is 9.23. The summed E-state index contributed by atoms with van der Waals surface area (Å²) < 4.78 is 26.0. The zero-order valence-electron chi connectivity index (χ0n) is 21.9. The van der Waals surface area contributed by atoms with Crippen molar-refractivity contribution >= 4 is 34.8 Å². The van der Waals surface area contributed by atoms with E-state index in [9.17, 15) is 18.8 Å². The Bertz CT molecular complexity index is 1510. The number of imide groups is 1. The molecule has 2 N–H and O–H groups in total. The average molecular weight is 537 g/mol. The largest absolute Gasteiger partial charge is 0.494 e. The van der Waals surface area contributed by atoms with Crippen LogP contribution >= 0.6 is 0 Å². The molecule has 0 bridgehead atoms. The Hall–Kier alpha value is -4.19. The van der Waals surface area contributed by atoms with Crippen molar-refractivity contribution in [2.45, 2.75) is 32.0 Å². The molecule has 0 saturated carbocycles. The van der Waals surface area contributed by atoms with Gasteiger partial charge in [0.15, 0.2) is 22.7 Å². The first-order valence-corrected chi connectivity index (χ1v) is 12.9. The number of likely N-dealkylation sites (N-methyl/N-ethyl adjacent to an activating group) is 1. The number of amides is 4. The summed E-state index contributed by atoms with van der Waals surface area (Å²) in [5.41, 5.74) is -0.395. The lowest BCUT2D eigenvalue weighted by Crippen LogP contribution is -2.52. The van der Waals surface area contributed by atoms with Gasteiger partial charge in [0.1, 0.15) is 17.1 Å². The van der Waals surface area contributed by atoms with Crippen molar-refractivity contribution in [3.63, 3.8) is 0 Å². The first-order valence-electron chi connectivity index (χ1n) is 12.9. The fourth-order valence-electron chi connectivity index (χ4n) is 5.79. The number of benzene rings is 1. The fraction of sp³-hybridized carbons (Fsp3) is 0.407. The summed E-state index contributed by atoms with van der Waals surface area (Å²) in [4.78, 5) is 49.5. The minimum Gasteiger partial charge on any atom is -0.494 e. The highest BCUT2D eigenvalue weighted by Gasteiger charge is 2.53. The minimum absolute atomic E-state index is 0.0461. The molecule has 39 heavy (non-hydrogen) atoms. The van der Waals surface area contributed by atoms with Gasteiger partial charge in [-0.2, -0.15) is 0 Å². The molecule has 2 saturated heterocycles. The van der Waals surface area contributed by atoms with Crippen molar-refractivity contribution in [1.29, 1.82) is 0 Å². The normalized spacial score (nSPS) is 23.4. The third-order valence-electron chi connectivity index (χ3n) is 7.92. The maximum atomic E-state index is 14.9. The molecule has 11 nitrogen and oxygen atoms in total. The van der Waals surface area contributed by atoms with Crippen LogP contribution in [0.4, 0.5) is 15.0 Å². The number of urea groups is 1. The summed E-state index contributed by atoms with van der Waals surface area (Å²) >= 11 is 0. The Morgan fingerprint density at radius 1 is 1.21 bits per heavy atom. The molecule has 3 aliphatic heterocycles. The maximum absolute atomic E-state index is 14.9. The predicted octanol–water partition coefficient (Wildman–Crippen LogP) is 2.20. The minimum atomic E-state index is -1.71. The molecule has 12 heteroatoms. The molecule has 5 heterocycles. The number of piperazine rings is 1. The number of hydrogen-bond donors (Lipinski definition) is 2. The van der Waals surface area contributed by atoms with Crippen molar-refractivity contribution in [3.05, 3.63) is 53.0 Å². The van der Waals surface area contributed by atoms with E-state index < -0.39 is 29.2 Å². The summed E-state index contributed by atoms with van der Waals surface area (Å²) in [6.45, 7) is 7.73. The number of halogens is 1. The van der Waals surface area contributed by atoms with E-state index in [1.165, 1.54) is 18.1 Å². The smallest absolute Gasteiger partial charge is 0.322 e. The van der Waals surface area contributed by atoms with E-state index in [1.54, 1.807) is 18.2 Å². The third-order valence-corrected chi connectivity index (χ3v) is 7.92. The summed E-state index contributed by atoms with van der Waals surface area (Å²) in [5, 5.41) is 4.90. The molecule has 204 valence electrons. The van der Waals surface area contributed by atoms with E-state index in [1.807, 2.05) is 6.07 Å². The topological polar surface area (TPSA) is 120 Å². The Morgan fingerprint density at radius 3 is 2.72 bits per heavy atom. The van der Waals surface area contributed by atoms with Crippen molar-refractivity contribution in [3.8, 4) is 5.75 Å². The molecule has 2 atom stereocenters. The van der Waals surface area contributed by atoms with Gasteiger partial charge in [-0.15, -0.1) is 0 Å². The lowest BCUT2D eigenvalue weighted by atomic mass is 9.95. The van der Waals surface area contributed by atoms with E-state index in [0.29, 0.717) is 22.7 Å². The first-order chi connectivity index (χ1) is 18.7. The molecule has 0 unspecified atom stereocenters. The molecule has 6 rings (SSSR count). The van der Waals surface area contributed by atoms with Crippen LogP contribution in [0.2, 0.25) is 0 Å². The van der Waals surface area contributed by atoms with E-state index in [0.717, 1.165) is 32.0 Å². The van der Waals surface area contributed by atoms with Gasteiger partial charge in [-0.3, -0.25) is 19.8 Å². The molecule has 3 aromatic rings. The molecule has 0 spiro atoms. The standard InChI is InChI=1S/C27H29FN6O5/c1-4-32-9-10-33(12-15(32)2)21-8-7-18-17(29-21)11-20(39-18)27(25(36)30-26(37)31-27)14-34-13-16-5-6-19(38-3)23(28)22(16)24(34)35/h5-8,11,15H,4,9-10,12-14H2,1-3H3,(H2,30,31,36,37)/t15-,27-/m0/s1. The van der Waals surface area contributed by atoms with Gasteiger partial charge < -0.3 is 24.3 Å². The monoisotopic (exact) mass is 536 g/mol. The third kappa shape index (κ3) is 3.97. The van der Waals surface area contributed by atoms with Crippen molar-refractivity contribution in [1.82, 2.24) is 25.4 Å². The highest BCUT2D eigenvalue weighted by molar-refractivity contribution is 6.08. The average Bonchev–Trinajstić information content (AvgIpc) is 3.57. The number of methoxy groups -OCH3 is 1. The van der Waals surface area contributed by atoms with Crippen LogP contribution in [0.5, 0.6) is 5.75 Å². The second-order valence-electron chi connectivity index (χ2n) is 10.2. The summed E-state index contributed by atoms with van der Waals surface area (Å²) in [7, 11) is 1.32. The molecule has 4 amide bonds. The Kier molecular flexibility index (Phi) is 5.94. The number of nitrogens with zero attached hydrogens (tertiary/aromatic N) is 4. The van der Waals surface area contributed by atoms with Crippen molar-refractivity contribution in [2.24, 2.45) is 0 Å². The molecule has 2 fully saturated rings. The van der Waals surface area contributed by atoms with Crippen LogP contribution in [-0.2, 0) is 16.9 Å². The number of nitrogens with one attached hydrogen (secondary N) is 2. The molecule has 3 aliphatic rings. The van der Waals surface area contributed by atoms with Crippen LogP contribution in [0.3, 0.4) is 0 Å². The zero-order chi connectivity index (χ0) is 27.5. The van der Waals surface area contributed by atoms with Gasteiger partial charge in [0, 0.05) is 38.3 Å². The van der Waals surface area contributed by atoms with E-state index in [4.69, 9.17) is 14.1 Å². The number of carbonyl (C=O) groups excluding carboxylic acids is 3. The summed E-state index contributed by atoms with van der Waals surface area (Å²) in [5.74, 6) is -1.15. The van der Waals surface area contributed by atoms with Crippen molar-refractivity contribution < 1.29 is 27.9 Å². The molecule has 0 radical (unpaired) electrons. The van der Waals surface area contributed by atoms with Gasteiger partial charge in [-0.1, -0.05) is 13.0 Å². The van der Waals surface area contributed by atoms with Gasteiger partial charge in [-0.25, -0.2) is 14.2 Å². The number of hydrogen-bond acceptors (Lipinski definition) is 8. The molecule has 1 aromatic carbocycles. The first kappa shape index (κ1) is 25.1. The van der Waals surface area contributed by atoms with Crippen LogP contribution in [0.1, 0.15) is 35.5 Å². The van der Waals surface area contributed by atoms with Crippen LogP contribution in [0.25, 0.3) is 11.1 Å². The highest BCUT2D eigenvalue weighted by Crippen LogP contribution is 2.36. The van der Waals surface area contributed by atoms with Gasteiger partial charge in [0.2, 0.25) is 0 Å². The number of ether oxygens (including phenoxy) is 1. The number of aromatic nitrogens is 1. The van der Waals surface area contributed by atoms with Gasteiger partial charge >= 0.3 is 6.03 Å². The number of pyridine rings is 1. The highest BCUT2D eigenvalue weighted by atomic mass is 19.1. The van der Waals surface area contributed by atoms with Crippen LogP contribution < -0.4 is 20.3 Å². The molecular weight excluding hydrogens is 507 g/mol. The van der Waals surface area contributed by atoms with Crippen LogP contribution in [-0.4, -0.2) is 78.5 Å². The molecule has 0 aliphatic carbocycles. The van der Waals surface area contributed by atoms with Gasteiger partial charge in [0.25, 0.3) is 11.8 Å². The zero-order valence-corrected chi connectivity index (χ0v) is 21.9. The SMILES string of the molecule is CCN1CCN(c2ccc3oc([C@]4(CN5Cc6ccc(OC)c(F)c6C5=O)NC(=O)NC4=O)cc3n2)C[C@@H]1C. The van der Waals surface area contributed by atoms with E-state index >= 15 is 0 Å². The quantitative estimate of drug-likeness (QED) is 0.460. The lowest BCUT2D eigenvalue weighted by molar-refractivity contribution is -0.125. The van der Waals surface area contributed by atoms with E-state index in [2.05, 4.69) is 34.3 Å². The maximum Gasteiger partial charge on any atom is 0.322 e. The second-order valence-corrected chi connectivity index (χ2v) is 10.2. The van der Waals surface area contributed by atoms with Crippen LogP contribution in [0.15, 0.2) is 34.7 Å². The van der Waals surface area contributed by atoms with Gasteiger partial charge in [0.05, 0.1) is 19.2 Å². The number of furan rings is 1. The number of anilines is 1. The number of rotatable bonds is 6. The van der Waals surface area contributed by atoms with Gasteiger partial charge in [-0.05, 0) is 37.2 Å². The number of carbonyl (C=O) groups is 3. The predicted molar refractivity (Wildman–Crippen MR) is 139 cm³/mol. The Morgan fingerprint density at radius 2 is 2.03 bits per heavy atom. The fourth-order valence-corrected chi connectivity index (χ4v) is 5.79. The molecular formula is C27H29FN6O5. The lowest BCUT2D eigenvalue weighted by Gasteiger charge is -2.39. The summed E-state index contributed by atoms with van der Waals surface area (Å²) in [6, 6.07) is 8.02. The van der Waals surface area contributed by atoms with E-state index in [-0.39, 0.29) is 30.2 Å². The number of fused-ring (bicyclic) bond motifs is 2. The van der Waals surface area contributed by atoms with Crippen molar-refractivity contribution in [2.75, 3.05) is 44.7 Å². The Labute approximate surface area is 223 Å².